The molecule has 6 N–H and O–H groups in total. The van der Waals surface area contributed by atoms with Gasteiger partial charge < -0.3 is 54.3 Å². The molecule has 11 nitrogen and oxygen atoms in total. The minimum atomic E-state index is -1.47. The number of aliphatic hydroxyl groups is 6. The van der Waals surface area contributed by atoms with Crippen molar-refractivity contribution in [1.82, 2.24) is 0 Å². The second kappa shape index (κ2) is 8.97. The molecule has 25 heavy (non-hydrogen) atoms. The minimum Gasteiger partial charge on any atom is -0.394 e. The zero-order chi connectivity index (χ0) is 18.7. The Hall–Kier alpha value is -0.440. The summed E-state index contributed by atoms with van der Waals surface area (Å²) in [6, 6.07) is 0. The monoisotopic (exact) mass is 370 g/mol. The van der Waals surface area contributed by atoms with Gasteiger partial charge in [0.1, 0.15) is 48.8 Å². The number of hydrogen-bond donors (Lipinski definition) is 6. The Labute approximate surface area is 144 Å². The number of ether oxygens (including phenoxy) is 5. The van der Waals surface area contributed by atoms with Gasteiger partial charge in [-0.3, -0.25) is 0 Å². The highest BCUT2D eigenvalue weighted by atomic mass is 16.7. The Kier molecular flexibility index (Phi) is 7.49. The van der Waals surface area contributed by atoms with E-state index in [4.69, 9.17) is 23.7 Å². The summed E-state index contributed by atoms with van der Waals surface area (Å²) in [6.45, 7) is -1.16. The molecule has 0 saturated carbocycles. The normalized spacial score (nSPS) is 48.5. The van der Waals surface area contributed by atoms with Gasteiger partial charge in [0, 0.05) is 14.2 Å². The fourth-order valence-electron chi connectivity index (χ4n) is 3.05. The fourth-order valence-corrected chi connectivity index (χ4v) is 3.05. The first-order chi connectivity index (χ1) is 11.9. The van der Waals surface area contributed by atoms with Crippen molar-refractivity contribution < 1.29 is 54.3 Å². The molecule has 0 aromatic carbocycles. The van der Waals surface area contributed by atoms with Crippen molar-refractivity contribution in [2.75, 3.05) is 27.4 Å². The Bertz CT molecular complexity index is 410. The van der Waals surface area contributed by atoms with Crippen LogP contribution in [0.4, 0.5) is 0 Å². The van der Waals surface area contributed by atoms with Crippen molar-refractivity contribution in [3.05, 3.63) is 0 Å². The van der Waals surface area contributed by atoms with Crippen LogP contribution in [0.2, 0.25) is 0 Å². The van der Waals surface area contributed by atoms with Gasteiger partial charge in [-0.2, -0.15) is 0 Å². The average molecular weight is 370 g/mol. The molecule has 0 spiro atoms. The van der Waals surface area contributed by atoms with E-state index in [1.807, 2.05) is 0 Å². The lowest BCUT2D eigenvalue weighted by Gasteiger charge is -2.46. The second-order valence-electron chi connectivity index (χ2n) is 5.95. The van der Waals surface area contributed by atoms with E-state index in [1.165, 1.54) is 14.2 Å². The first-order valence-electron chi connectivity index (χ1n) is 7.85. The van der Waals surface area contributed by atoms with E-state index in [2.05, 4.69) is 0 Å². The zero-order valence-electron chi connectivity index (χ0n) is 13.9. The van der Waals surface area contributed by atoms with E-state index in [1.54, 1.807) is 0 Å². The fraction of sp³-hybridized carbons (Fsp3) is 1.00. The van der Waals surface area contributed by atoms with Gasteiger partial charge >= 0.3 is 0 Å². The maximum atomic E-state index is 10.4. The quantitative estimate of drug-likeness (QED) is 0.269. The van der Waals surface area contributed by atoms with Gasteiger partial charge in [-0.25, -0.2) is 0 Å². The van der Waals surface area contributed by atoms with Crippen molar-refractivity contribution in [2.24, 2.45) is 0 Å². The van der Waals surface area contributed by atoms with E-state index in [0.717, 1.165) is 0 Å². The van der Waals surface area contributed by atoms with E-state index < -0.39 is 74.6 Å². The van der Waals surface area contributed by atoms with Crippen LogP contribution in [0.5, 0.6) is 0 Å². The molecular formula is C14H26O11. The van der Waals surface area contributed by atoms with Crippen LogP contribution < -0.4 is 0 Å². The summed E-state index contributed by atoms with van der Waals surface area (Å²) in [5, 5.41) is 58.9. The van der Waals surface area contributed by atoms with Crippen LogP contribution in [-0.2, 0) is 23.7 Å². The van der Waals surface area contributed by atoms with Gasteiger partial charge in [0.25, 0.3) is 0 Å². The molecule has 2 saturated heterocycles. The van der Waals surface area contributed by atoms with Gasteiger partial charge in [0.2, 0.25) is 0 Å². The molecule has 0 aliphatic carbocycles. The number of hydrogen-bond acceptors (Lipinski definition) is 11. The molecule has 2 fully saturated rings. The average Bonchev–Trinajstić information content (AvgIpc) is 2.60. The van der Waals surface area contributed by atoms with Crippen molar-refractivity contribution in [3.8, 4) is 0 Å². The van der Waals surface area contributed by atoms with E-state index in [-0.39, 0.29) is 0 Å². The van der Waals surface area contributed by atoms with Gasteiger partial charge in [0.05, 0.1) is 13.2 Å². The van der Waals surface area contributed by atoms with Gasteiger partial charge in [-0.15, -0.1) is 0 Å². The Morgan fingerprint density at radius 3 is 1.84 bits per heavy atom. The van der Waals surface area contributed by atoms with Crippen LogP contribution >= 0.6 is 0 Å². The molecule has 11 heteroatoms. The zero-order valence-corrected chi connectivity index (χ0v) is 13.9. The Balaban J connectivity index is 2.18. The number of rotatable bonds is 6. The topological polar surface area (TPSA) is 168 Å². The summed E-state index contributed by atoms with van der Waals surface area (Å²) in [4.78, 5) is 0. The summed E-state index contributed by atoms with van der Waals surface area (Å²) >= 11 is 0. The Morgan fingerprint density at radius 2 is 1.32 bits per heavy atom. The predicted octanol–water partition coefficient (Wildman–Crippen LogP) is -4.09. The molecule has 0 amide bonds. The predicted molar refractivity (Wildman–Crippen MR) is 78.2 cm³/mol. The lowest BCUT2D eigenvalue weighted by atomic mass is 9.97. The highest BCUT2D eigenvalue weighted by Gasteiger charge is 2.51. The van der Waals surface area contributed by atoms with Crippen molar-refractivity contribution >= 4 is 0 Å². The molecule has 0 radical (unpaired) electrons. The molecule has 2 heterocycles. The maximum absolute atomic E-state index is 10.4. The summed E-state index contributed by atoms with van der Waals surface area (Å²) in [6.07, 6.45) is -12.7. The maximum Gasteiger partial charge on any atom is 0.187 e. The molecule has 2 rings (SSSR count). The van der Waals surface area contributed by atoms with Gasteiger partial charge in [-0.05, 0) is 0 Å². The third-order valence-electron chi connectivity index (χ3n) is 4.47. The molecule has 0 unspecified atom stereocenters. The Morgan fingerprint density at radius 1 is 0.720 bits per heavy atom. The summed E-state index contributed by atoms with van der Waals surface area (Å²) in [5.74, 6) is 0. The molecule has 0 bridgehead atoms. The van der Waals surface area contributed by atoms with Crippen LogP contribution in [0, 0.1) is 0 Å². The number of aliphatic hydroxyl groups excluding tert-OH is 6. The van der Waals surface area contributed by atoms with Crippen LogP contribution in [0.15, 0.2) is 0 Å². The van der Waals surface area contributed by atoms with Crippen molar-refractivity contribution in [3.63, 3.8) is 0 Å². The third-order valence-corrected chi connectivity index (χ3v) is 4.47. The van der Waals surface area contributed by atoms with E-state index in [9.17, 15) is 30.6 Å². The highest BCUT2D eigenvalue weighted by Crippen LogP contribution is 2.30. The van der Waals surface area contributed by atoms with Gasteiger partial charge in [-0.1, -0.05) is 0 Å². The van der Waals surface area contributed by atoms with Gasteiger partial charge in [0.15, 0.2) is 12.6 Å². The molecule has 0 aromatic heterocycles. The van der Waals surface area contributed by atoms with Crippen LogP contribution in [0.1, 0.15) is 0 Å². The molecule has 10 atom stereocenters. The molecule has 148 valence electrons. The van der Waals surface area contributed by atoms with Crippen LogP contribution in [0.25, 0.3) is 0 Å². The summed E-state index contributed by atoms with van der Waals surface area (Å²) < 4.78 is 26.3. The minimum absolute atomic E-state index is 0.575. The number of methoxy groups -OCH3 is 2. The first-order valence-corrected chi connectivity index (χ1v) is 7.85. The standard InChI is InChI=1S/C14H26O11/c1-21-11-9(19)10(6(4-16)23-13(11)20)25-14-12(22-2)8(18)7(17)5(3-15)24-14/h5-20H,3-4H2,1-2H3/t5-,6-,7-,8+,9+,10-,11-,12-,13+,14-/m1/s1. The lowest BCUT2D eigenvalue weighted by molar-refractivity contribution is -0.358. The van der Waals surface area contributed by atoms with Crippen LogP contribution in [0.3, 0.4) is 0 Å². The first kappa shape index (κ1) is 20.9. The molecular weight excluding hydrogens is 344 g/mol. The van der Waals surface area contributed by atoms with E-state index >= 15 is 0 Å². The van der Waals surface area contributed by atoms with E-state index in [0.29, 0.717) is 0 Å². The van der Waals surface area contributed by atoms with Crippen molar-refractivity contribution in [2.45, 2.75) is 61.4 Å². The van der Waals surface area contributed by atoms with Crippen LogP contribution in [-0.4, -0.2) is 119 Å². The molecule has 2 aliphatic heterocycles. The third kappa shape index (κ3) is 4.12. The summed E-state index contributed by atoms with van der Waals surface area (Å²) in [7, 11) is 2.52. The molecule has 0 aromatic rings. The molecule has 2 aliphatic rings. The summed E-state index contributed by atoms with van der Waals surface area (Å²) in [5.41, 5.74) is 0. The smallest absolute Gasteiger partial charge is 0.187 e. The lowest BCUT2D eigenvalue weighted by Crippen LogP contribution is -2.65. The largest absolute Gasteiger partial charge is 0.394 e. The van der Waals surface area contributed by atoms with Crippen molar-refractivity contribution in [1.29, 1.82) is 0 Å². The second-order valence-corrected chi connectivity index (χ2v) is 5.95. The SMILES string of the molecule is CO[C@@H]1[C@@H](O)[C@H](O[C@H]2O[C@H](CO)[C@@H](O)[C@H](O)[C@H]2OC)[C@@H](CO)O[C@@H]1O. The highest BCUT2D eigenvalue weighted by molar-refractivity contribution is 4.94.